The number of esters is 1. The molecule has 0 radical (unpaired) electrons. The van der Waals surface area contributed by atoms with Crippen molar-refractivity contribution in [2.24, 2.45) is 0 Å². The number of carbonyl (C=O) groups is 1. The molecule has 0 spiro atoms. The maximum absolute atomic E-state index is 10.2. The van der Waals surface area contributed by atoms with Crippen LogP contribution in [-0.4, -0.2) is 55.9 Å². The Kier molecular flexibility index (Phi) is 12.2. The molecule has 0 unspecified atom stereocenters. The Morgan fingerprint density at radius 3 is 2.78 bits per heavy atom. The summed E-state index contributed by atoms with van der Waals surface area (Å²) in [5.41, 5.74) is 0. The third-order valence-electron chi connectivity index (χ3n) is 0.486. The van der Waals surface area contributed by atoms with Crippen molar-refractivity contribution >= 4 is 55.5 Å². The first kappa shape index (κ1) is 12.5. The van der Waals surface area contributed by atoms with E-state index in [1.807, 2.05) is 6.26 Å². The van der Waals surface area contributed by atoms with Crippen molar-refractivity contribution < 1.29 is 9.53 Å². The second-order valence-corrected chi connectivity index (χ2v) is 1.89. The molecule has 0 heterocycles. The van der Waals surface area contributed by atoms with E-state index in [2.05, 4.69) is 11.3 Å². The summed E-state index contributed by atoms with van der Waals surface area (Å²) in [6.45, 7) is 3.23. The summed E-state index contributed by atoms with van der Waals surface area (Å²) in [6, 6.07) is 0. The number of rotatable bonds is 3. The van der Waals surface area contributed by atoms with E-state index in [4.69, 9.17) is 0 Å². The predicted molar refractivity (Wildman–Crippen MR) is 43.2 cm³/mol. The number of thioether (sulfide) groups is 1. The van der Waals surface area contributed by atoms with Gasteiger partial charge in [-0.05, 0) is 6.26 Å². The summed E-state index contributed by atoms with van der Waals surface area (Å²) >= 11 is 1.45. The van der Waals surface area contributed by atoms with Crippen LogP contribution in [0.2, 0.25) is 0 Å². The van der Waals surface area contributed by atoms with Gasteiger partial charge in [0.1, 0.15) is 5.94 Å². The molecule has 0 amide bonds. The van der Waals surface area contributed by atoms with E-state index in [1.54, 1.807) is 0 Å². The second-order valence-electron chi connectivity index (χ2n) is 1.07. The normalized spacial score (nSPS) is 7.22. The van der Waals surface area contributed by atoms with E-state index < -0.39 is 0 Å². The second kappa shape index (κ2) is 8.82. The van der Waals surface area contributed by atoms with Crippen LogP contribution in [0, 0.1) is 0 Å². The Bertz CT molecular complexity index is 95.0. The van der Waals surface area contributed by atoms with E-state index in [-0.39, 0.29) is 43.7 Å². The molecule has 2 nitrogen and oxygen atoms in total. The van der Waals surface area contributed by atoms with E-state index in [9.17, 15) is 4.79 Å². The monoisotopic (exact) mass is 174 g/mol. The molecule has 0 aromatic heterocycles. The van der Waals surface area contributed by atoms with E-state index in [1.165, 1.54) is 11.8 Å². The Morgan fingerprint density at radius 1 is 1.89 bits per heavy atom. The SMILES string of the molecule is C=CC(=O)OCSC.[CaH2]. The fourth-order valence-electron chi connectivity index (χ4n) is 0.176. The molecular formula is C5H10CaO2S. The summed E-state index contributed by atoms with van der Waals surface area (Å²) in [5.74, 6) is 0.0459. The molecule has 0 aliphatic heterocycles. The topological polar surface area (TPSA) is 26.3 Å². The van der Waals surface area contributed by atoms with Crippen LogP contribution in [0.15, 0.2) is 12.7 Å². The van der Waals surface area contributed by atoms with Gasteiger partial charge >= 0.3 is 43.7 Å². The molecule has 50 valence electrons. The third-order valence-corrected chi connectivity index (χ3v) is 0.839. The minimum absolute atomic E-state index is 0. The zero-order valence-corrected chi connectivity index (χ0v) is 5.53. The van der Waals surface area contributed by atoms with Gasteiger partial charge < -0.3 is 4.74 Å². The molecule has 0 rings (SSSR count). The van der Waals surface area contributed by atoms with Crippen molar-refractivity contribution in [1.82, 2.24) is 0 Å². The zero-order valence-electron chi connectivity index (χ0n) is 4.72. The van der Waals surface area contributed by atoms with Crippen LogP contribution in [0.25, 0.3) is 0 Å². The van der Waals surface area contributed by atoms with Crippen LogP contribution in [0.4, 0.5) is 0 Å². The number of ether oxygens (including phenoxy) is 1. The molecule has 0 aromatic carbocycles. The molecule has 0 fully saturated rings. The molecule has 0 saturated carbocycles. The van der Waals surface area contributed by atoms with Crippen LogP contribution >= 0.6 is 11.8 Å². The van der Waals surface area contributed by atoms with Crippen LogP contribution in [0.5, 0.6) is 0 Å². The van der Waals surface area contributed by atoms with Gasteiger partial charge in [-0.2, -0.15) is 0 Å². The van der Waals surface area contributed by atoms with Gasteiger partial charge in [0.15, 0.2) is 0 Å². The van der Waals surface area contributed by atoms with Crippen molar-refractivity contribution in [2.45, 2.75) is 0 Å². The predicted octanol–water partition coefficient (Wildman–Crippen LogP) is 0.120. The van der Waals surface area contributed by atoms with Crippen molar-refractivity contribution in [3.63, 3.8) is 0 Å². The van der Waals surface area contributed by atoms with Crippen molar-refractivity contribution in [1.29, 1.82) is 0 Å². The third kappa shape index (κ3) is 8.82. The van der Waals surface area contributed by atoms with Crippen LogP contribution in [0.1, 0.15) is 0 Å². The Balaban J connectivity index is 0. The summed E-state index contributed by atoms with van der Waals surface area (Å²) in [7, 11) is 0. The van der Waals surface area contributed by atoms with Gasteiger partial charge in [-0.15, -0.1) is 11.8 Å². The Morgan fingerprint density at radius 2 is 2.44 bits per heavy atom. The molecule has 0 aliphatic rings. The van der Waals surface area contributed by atoms with Crippen LogP contribution in [0.3, 0.4) is 0 Å². The number of carbonyl (C=O) groups excluding carboxylic acids is 1. The van der Waals surface area contributed by atoms with E-state index >= 15 is 0 Å². The van der Waals surface area contributed by atoms with Gasteiger partial charge in [0, 0.05) is 6.08 Å². The van der Waals surface area contributed by atoms with Gasteiger partial charge in [-0.1, -0.05) is 6.58 Å². The first-order chi connectivity index (χ1) is 3.81. The molecule has 0 atom stereocenters. The average Bonchev–Trinajstić information content (AvgIpc) is 1.83. The van der Waals surface area contributed by atoms with Gasteiger partial charge in [0.25, 0.3) is 0 Å². The Labute approximate surface area is 89.0 Å². The standard InChI is InChI=1S/C5H8O2S.Ca.2H/c1-3-5(6)7-4-8-2;;;/h3H,1,4H2,2H3;;;. The van der Waals surface area contributed by atoms with Crippen LogP contribution < -0.4 is 0 Å². The molecule has 0 saturated heterocycles. The van der Waals surface area contributed by atoms with Crippen LogP contribution in [-0.2, 0) is 9.53 Å². The summed E-state index contributed by atoms with van der Waals surface area (Å²) < 4.78 is 4.55. The average molecular weight is 174 g/mol. The zero-order chi connectivity index (χ0) is 6.41. The molecule has 0 aliphatic carbocycles. The molecular weight excluding hydrogens is 164 g/mol. The van der Waals surface area contributed by atoms with Crippen molar-refractivity contribution in [3.8, 4) is 0 Å². The van der Waals surface area contributed by atoms with E-state index in [0.29, 0.717) is 5.94 Å². The first-order valence-corrected chi connectivity index (χ1v) is 3.48. The van der Waals surface area contributed by atoms with Gasteiger partial charge in [0.2, 0.25) is 0 Å². The Hall–Kier alpha value is 0.820. The molecule has 9 heavy (non-hydrogen) atoms. The molecule has 0 aromatic rings. The summed E-state index contributed by atoms with van der Waals surface area (Å²) in [6.07, 6.45) is 3.01. The van der Waals surface area contributed by atoms with Crippen molar-refractivity contribution in [2.75, 3.05) is 12.2 Å². The fourth-order valence-corrected chi connectivity index (χ4v) is 0.410. The van der Waals surface area contributed by atoms with Gasteiger partial charge in [-0.3, -0.25) is 0 Å². The quantitative estimate of drug-likeness (QED) is 0.263. The fraction of sp³-hybridized carbons (Fsp3) is 0.400. The van der Waals surface area contributed by atoms with Crippen molar-refractivity contribution in [3.05, 3.63) is 12.7 Å². The first-order valence-electron chi connectivity index (χ1n) is 2.09. The number of hydrogen-bond donors (Lipinski definition) is 0. The minimum atomic E-state index is -0.362. The van der Waals surface area contributed by atoms with Gasteiger partial charge in [0.05, 0.1) is 0 Å². The van der Waals surface area contributed by atoms with Gasteiger partial charge in [-0.25, -0.2) is 4.79 Å². The number of hydrogen-bond acceptors (Lipinski definition) is 3. The molecule has 0 bridgehead atoms. The summed E-state index contributed by atoms with van der Waals surface area (Å²) in [5, 5.41) is 0. The summed E-state index contributed by atoms with van der Waals surface area (Å²) in [4.78, 5) is 10.2. The molecule has 4 heteroatoms. The van der Waals surface area contributed by atoms with E-state index in [0.717, 1.165) is 6.08 Å². The molecule has 0 N–H and O–H groups in total. The maximum atomic E-state index is 10.2.